The van der Waals surface area contributed by atoms with Crippen molar-refractivity contribution in [3.05, 3.63) is 35.1 Å². The zero-order chi connectivity index (χ0) is 16.2. The molecule has 7 heteroatoms. The maximum Gasteiger partial charge on any atom is 0.333 e. The molecule has 0 fully saturated rings. The van der Waals surface area contributed by atoms with Gasteiger partial charge in [0.25, 0.3) is 0 Å². The van der Waals surface area contributed by atoms with Gasteiger partial charge in [-0.2, -0.15) is 0 Å². The minimum absolute atomic E-state index is 0.163. The smallest absolute Gasteiger partial charge is 0.333 e. The third-order valence-electron chi connectivity index (χ3n) is 2.99. The van der Waals surface area contributed by atoms with E-state index in [1.165, 1.54) is 7.05 Å². The van der Waals surface area contributed by atoms with Crippen molar-refractivity contribution in [2.24, 2.45) is 0 Å². The second-order valence-corrected chi connectivity index (χ2v) is 4.48. The third kappa shape index (κ3) is 3.74. The maximum atomic E-state index is 13.3. The monoisotopic (exact) mass is 303 g/mol. The van der Waals surface area contributed by atoms with Crippen LogP contribution in [0.3, 0.4) is 0 Å². The van der Waals surface area contributed by atoms with Gasteiger partial charge in [-0.1, -0.05) is 6.92 Å². The summed E-state index contributed by atoms with van der Waals surface area (Å²) in [5.41, 5.74) is -0.190. The molecule has 4 nitrogen and oxygen atoms in total. The molecule has 1 rings (SSSR count). The fourth-order valence-electron chi connectivity index (χ4n) is 1.90. The molecule has 116 valence electrons. The first kappa shape index (κ1) is 17.0. The van der Waals surface area contributed by atoms with E-state index < -0.39 is 35.4 Å². The average Bonchev–Trinajstić information content (AvgIpc) is 2.44. The SMILES string of the molecule is CCCC(=O)N(C)[C@H](C(=O)OC)c1cc(F)c(F)c(F)c1. The van der Waals surface area contributed by atoms with Crippen LogP contribution in [0.15, 0.2) is 12.1 Å². The van der Waals surface area contributed by atoms with Crippen molar-refractivity contribution in [3.63, 3.8) is 0 Å². The number of ether oxygens (including phenoxy) is 1. The molecular weight excluding hydrogens is 287 g/mol. The summed E-state index contributed by atoms with van der Waals surface area (Å²) in [5, 5.41) is 0. The van der Waals surface area contributed by atoms with E-state index in [9.17, 15) is 22.8 Å². The number of methoxy groups -OCH3 is 1. The number of carbonyl (C=O) groups is 2. The summed E-state index contributed by atoms with van der Waals surface area (Å²) in [6, 6.07) is 0.0180. The minimum Gasteiger partial charge on any atom is -0.467 e. The molecule has 0 aliphatic carbocycles. The van der Waals surface area contributed by atoms with Crippen molar-refractivity contribution < 1.29 is 27.5 Å². The summed E-state index contributed by atoms with van der Waals surface area (Å²) in [6.07, 6.45) is 0.708. The van der Waals surface area contributed by atoms with Gasteiger partial charge in [0.05, 0.1) is 7.11 Å². The number of likely N-dealkylation sites (N-methyl/N-ethyl adjacent to an activating group) is 1. The molecule has 0 spiro atoms. The molecular formula is C14H16F3NO3. The molecule has 1 amide bonds. The zero-order valence-electron chi connectivity index (χ0n) is 12.0. The summed E-state index contributed by atoms with van der Waals surface area (Å²) in [7, 11) is 2.41. The van der Waals surface area contributed by atoms with E-state index in [0.29, 0.717) is 18.6 Å². The van der Waals surface area contributed by atoms with E-state index in [-0.39, 0.29) is 12.0 Å². The van der Waals surface area contributed by atoms with E-state index in [2.05, 4.69) is 4.74 Å². The predicted molar refractivity (Wildman–Crippen MR) is 68.8 cm³/mol. The Morgan fingerprint density at radius 2 is 1.76 bits per heavy atom. The maximum absolute atomic E-state index is 13.3. The van der Waals surface area contributed by atoms with Gasteiger partial charge in [0, 0.05) is 13.5 Å². The second kappa shape index (κ2) is 7.10. The first-order valence-corrected chi connectivity index (χ1v) is 6.31. The van der Waals surface area contributed by atoms with Gasteiger partial charge in [-0.15, -0.1) is 0 Å². The molecule has 21 heavy (non-hydrogen) atoms. The summed E-state index contributed by atoms with van der Waals surface area (Å²) in [6.45, 7) is 1.77. The van der Waals surface area contributed by atoms with E-state index in [4.69, 9.17) is 0 Å². The van der Waals surface area contributed by atoms with Crippen LogP contribution in [0.2, 0.25) is 0 Å². The first-order valence-electron chi connectivity index (χ1n) is 6.31. The summed E-state index contributed by atoms with van der Waals surface area (Å²) >= 11 is 0. The van der Waals surface area contributed by atoms with Gasteiger partial charge in [-0.3, -0.25) is 4.79 Å². The first-order chi connectivity index (χ1) is 9.83. The molecule has 0 aromatic heterocycles. The predicted octanol–water partition coefficient (Wildman–Crippen LogP) is 2.58. The lowest BCUT2D eigenvalue weighted by molar-refractivity contribution is -0.152. The standard InChI is InChI=1S/C14H16F3NO3/c1-4-5-11(19)18(2)13(14(20)21-3)8-6-9(15)12(17)10(16)7-8/h6-7,13H,4-5H2,1-3H3/t13-/m0/s1. The fraction of sp³-hybridized carbons (Fsp3) is 0.429. The topological polar surface area (TPSA) is 46.6 Å². The van der Waals surface area contributed by atoms with Gasteiger partial charge < -0.3 is 9.64 Å². The van der Waals surface area contributed by atoms with E-state index in [1.807, 2.05) is 0 Å². The molecule has 0 heterocycles. The van der Waals surface area contributed by atoms with Crippen LogP contribution in [0.4, 0.5) is 13.2 Å². The summed E-state index contributed by atoms with van der Waals surface area (Å²) in [5.74, 6) is -5.76. The number of hydrogen-bond acceptors (Lipinski definition) is 3. The molecule has 0 saturated heterocycles. The van der Waals surface area contributed by atoms with Crippen molar-refractivity contribution in [1.29, 1.82) is 0 Å². The highest BCUT2D eigenvalue weighted by Gasteiger charge is 2.30. The van der Waals surface area contributed by atoms with Crippen LogP contribution in [-0.4, -0.2) is 30.9 Å². The van der Waals surface area contributed by atoms with Crippen LogP contribution < -0.4 is 0 Å². The molecule has 1 aromatic rings. The number of hydrogen-bond donors (Lipinski definition) is 0. The number of halogens is 3. The number of carbonyl (C=O) groups excluding carboxylic acids is 2. The number of nitrogens with zero attached hydrogens (tertiary/aromatic N) is 1. The number of amides is 1. The lowest BCUT2D eigenvalue weighted by atomic mass is 10.0. The molecule has 0 unspecified atom stereocenters. The fourth-order valence-corrected chi connectivity index (χ4v) is 1.90. The molecule has 0 aliphatic heterocycles. The van der Waals surface area contributed by atoms with Crippen LogP contribution in [0.25, 0.3) is 0 Å². The Labute approximate surface area is 120 Å². The van der Waals surface area contributed by atoms with Gasteiger partial charge >= 0.3 is 5.97 Å². The Hall–Kier alpha value is -2.05. The normalized spacial score (nSPS) is 11.9. The Bertz CT molecular complexity index is 525. The van der Waals surface area contributed by atoms with Gasteiger partial charge in [0.15, 0.2) is 23.5 Å². The highest BCUT2D eigenvalue weighted by atomic mass is 19.2. The van der Waals surface area contributed by atoms with Crippen molar-refractivity contribution in [2.75, 3.05) is 14.2 Å². The van der Waals surface area contributed by atoms with Crippen LogP contribution >= 0.6 is 0 Å². The van der Waals surface area contributed by atoms with E-state index in [0.717, 1.165) is 12.0 Å². The molecule has 1 atom stereocenters. The Morgan fingerprint density at radius 1 is 1.24 bits per heavy atom. The second-order valence-electron chi connectivity index (χ2n) is 4.48. The van der Waals surface area contributed by atoms with Crippen molar-refractivity contribution >= 4 is 11.9 Å². The van der Waals surface area contributed by atoms with Crippen LogP contribution in [0.5, 0.6) is 0 Å². The lowest BCUT2D eigenvalue weighted by Crippen LogP contribution is -2.36. The number of esters is 1. The van der Waals surface area contributed by atoms with Gasteiger partial charge in [0.2, 0.25) is 5.91 Å². The Morgan fingerprint density at radius 3 is 2.19 bits per heavy atom. The Balaban J connectivity index is 3.26. The van der Waals surface area contributed by atoms with Crippen molar-refractivity contribution in [3.8, 4) is 0 Å². The minimum atomic E-state index is -1.63. The van der Waals surface area contributed by atoms with Crippen LogP contribution in [-0.2, 0) is 14.3 Å². The molecule has 0 radical (unpaired) electrons. The van der Waals surface area contributed by atoms with E-state index in [1.54, 1.807) is 6.92 Å². The lowest BCUT2D eigenvalue weighted by Gasteiger charge is -2.26. The summed E-state index contributed by atoms with van der Waals surface area (Å²) in [4.78, 5) is 24.7. The average molecular weight is 303 g/mol. The molecule has 1 aromatic carbocycles. The molecule has 0 N–H and O–H groups in total. The van der Waals surface area contributed by atoms with Gasteiger partial charge in [-0.25, -0.2) is 18.0 Å². The van der Waals surface area contributed by atoms with Gasteiger partial charge in [-0.05, 0) is 24.1 Å². The quantitative estimate of drug-likeness (QED) is 0.620. The highest BCUT2D eigenvalue weighted by Crippen LogP contribution is 2.25. The largest absolute Gasteiger partial charge is 0.467 e. The molecule has 0 bridgehead atoms. The van der Waals surface area contributed by atoms with Crippen molar-refractivity contribution in [1.82, 2.24) is 4.90 Å². The zero-order valence-corrected chi connectivity index (χ0v) is 12.0. The van der Waals surface area contributed by atoms with E-state index >= 15 is 0 Å². The molecule has 0 saturated carbocycles. The Kier molecular flexibility index (Phi) is 5.75. The van der Waals surface area contributed by atoms with Crippen LogP contribution in [0.1, 0.15) is 31.4 Å². The third-order valence-corrected chi connectivity index (χ3v) is 2.99. The number of benzene rings is 1. The van der Waals surface area contributed by atoms with Gasteiger partial charge in [0.1, 0.15) is 0 Å². The van der Waals surface area contributed by atoms with Crippen molar-refractivity contribution in [2.45, 2.75) is 25.8 Å². The van der Waals surface area contributed by atoms with Crippen LogP contribution in [0, 0.1) is 17.5 Å². The summed E-state index contributed by atoms with van der Waals surface area (Å²) < 4.78 is 44.2. The highest BCUT2D eigenvalue weighted by molar-refractivity contribution is 5.85. The number of rotatable bonds is 5. The molecule has 0 aliphatic rings.